The Morgan fingerprint density at radius 1 is 1.10 bits per heavy atom. The van der Waals surface area contributed by atoms with Crippen LogP contribution in [0.3, 0.4) is 0 Å². The monoisotopic (exact) mass is 266 g/mol. The summed E-state index contributed by atoms with van der Waals surface area (Å²) >= 11 is 0. The van der Waals surface area contributed by atoms with Crippen LogP contribution >= 0.6 is 0 Å². The maximum absolute atomic E-state index is 4.40. The van der Waals surface area contributed by atoms with Gasteiger partial charge in [0.25, 0.3) is 0 Å². The highest BCUT2D eigenvalue weighted by Gasteiger charge is 2.13. The summed E-state index contributed by atoms with van der Waals surface area (Å²) in [4.78, 5) is 12.0. The van der Waals surface area contributed by atoms with Crippen molar-refractivity contribution in [1.82, 2.24) is 15.0 Å². The molecule has 0 aliphatic carbocycles. The molecule has 0 radical (unpaired) electrons. The van der Waals surface area contributed by atoms with Crippen LogP contribution in [-0.4, -0.2) is 15.0 Å². The molecule has 0 aliphatic heterocycles. The Hall–Kier alpha value is -2.36. The van der Waals surface area contributed by atoms with Crippen molar-refractivity contribution in [2.75, 3.05) is 5.32 Å². The zero-order valence-corrected chi connectivity index (χ0v) is 11.9. The van der Waals surface area contributed by atoms with E-state index in [1.54, 1.807) is 6.33 Å². The van der Waals surface area contributed by atoms with Crippen LogP contribution < -0.4 is 5.32 Å². The first kappa shape index (κ1) is 12.7. The maximum Gasteiger partial charge on any atom is 0.143 e. The third-order valence-electron chi connectivity index (χ3n) is 3.74. The highest BCUT2D eigenvalue weighted by molar-refractivity contribution is 5.91. The number of hydrogen-bond donors (Lipinski definition) is 2. The van der Waals surface area contributed by atoms with Gasteiger partial charge in [-0.2, -0.15) is 0 Å². The van der Waals surface area contributed by atoms with E-state index < -0.39 is 0 Å². The summed E-state index contributed by atoms with van der Waals surface area (Å²) in [7, 11) is 0. The van der Waals surface area contributed by atoms with Gasteiger partial charge >= 0.3 is 0 Å². The molecule has 2 N–H and O–H groups in total. The number of nitrogens with zero attached hydrogens (tertiary/aromatic N) is 2. The van der Waals surface area contributed by atoms with Crippen LogP contribution in [0.25, 0.3) is 11.0 Å². The van der Waals surface area contributed by atoms with Crippen LogP contribution in [0.15, 0.2) is 36.7 Å². The number of fused-ring (bicyclic) bond motifs is 1. The Bertz CT molecular complexity index is 731. The molecule has 20 heavy (non-hydrogen) atoms. The minimum atomic E-state index is 0.198. The Balaban J connectivity index is 1.99. The van der Waals surface area contributed by atoms with Gasteiger partial charge < -0.3 is 10.3 Å². The Labute approximate surface area is 118 Å². The molecule has 102 valence electrons. The van der Waals surface area contributed by atoms with Crippen molar-refractivity contribution in [3.8, 4) is 0 Å². The van der Waals surface area contributed by atoms with Crippen molar-refractivity contribution in [2.24, 2.45) is 0 Å². The number of H-pyrrole nitrogens is 1. The average Bonchev–Trinajstić information content (AvgIpc) is 2.76. The van der Waals surface area contributed by atoms with Gasteiger partial charge in [-0.05, 0) is 31.9 Å². The van der Waals surface area contributed by atoms with Gasteiger partial charge in [0.15, 0.2) is 0 Å². The molecule has 0 amide bonds. The fourth-order valence-corrected chi connectivity index (χ4v) is 2.43. The SMILES string of the molecule is Cc1[nH]c2ncnc(N[C@@H](C)c3ccccc3)c2c1C. The van der Waals surface area contributed by atoms with Crippen molar-refractivity contribution in [3.63, 3.8) is 0 Å². The lowest BCUT2D eigenvalue weighted by Gasteiger charge is -2.15. The molecule has 1 aromatic carbocycles. The Kier molecular flexibility index (Phi) is 3.14. The van der Waals surface area contributed by atoms with Gasteiger partial charge in [0.1, 0.15) is 17.8 Å². The van der Waals surface area contributed by atoms with E-state index in [-0.39, 0.29) is 6.04 Å². The highest BCUT2D eigenvalue weighted by Crippen LogP contribution is 2.28. The Morgan fingerprint density at radius 2 is 1.85 bits per heavy atom. The first-order valence-electron chi connectivity index (χ1n) is 6.78. The van der Waals surface area contributed by atoms with Crippen molar-refractivity contribution < 1.29 is 0 Å². The van der Waals surface area contributed by atoms with Gasteiger partial charge in [0.2, 0.25) is 0 Å². The summed E-state index contributed by atoms with van der Waals surface area (Å²) in [6.07, 6.45) is 1.60. The lowest BCUT2D eigenvalue weighted by molar-refractivity contribution is 0.875. The summed E-state index contributed by atoms with van der Waals surface area (Å²) in [5.74, 6) is 0.883. The van der Waals surface area contributed by atoms with Crippen LogP contribution in [0.5, 0.6) is 0 Å². The minimum absolute atomic E-state index is 0.198. The number of aromatic amines is 1. The van der Waals surface area contributed by atoms with Crippen molar-refractivity contribution in [3.05, 3.63) is 53.5 Å². The number of aryl methyl sites for hydroxylation is 2. The predicted molar refractivity (Wildman–Crippen MR) is 81.8 cm³/mol. The summed E-state index contributed by atoms with van der Waals surface area (Å²) in [5.41, 5.74) is 4.46. The second kappa shape index (κ2) is 4.96. The molecule has 0 spiro atoms. The van der Waals surface area contributed by atoms with Gasteiger partial charge in [-0.3, -0.25) is 0 Å². The van der Waals surface area contributed by atoms with Crippen molar-refractivity contribution in [2.45, 2.75) is 26.8 Å². The van der Waals surface area contributed by atoms with E-state index in [4.69, 9.17) is 0 Å². The number of hydrogen-bond acceptors (Lipinski definition) is 3. The molecule has 0 saturated carbocycles. The van der Waals surface area contributed by atoms with Crippen LogP contribution in [-0.2, 0) is 0 Å². The van der Waals surface area contributed by atoms with E-state index >= 15 is 0 Å². The first-order valence-corrected chi connectivity index (χ1v) is 6.78. The van der Waals surface area contributed by atoms with E-state index in [1.807, 2.05) is 6.07 Å². The quantitative estimate of drug-likeness (QED) is 0.759. The van der Waals surface area contributed by atoms with Gasteiger partial charge in [-0.25, -0.2) is 9.97 Å². The van der Waals surface area contributed by atoms with E-state index in [0.29, 0.717) is 0 Å². The molecule has 2 heterocycles. The predicted octanol–water partition coefficient (Wildman–Crippen LogP) is 3.75. The van der Waals surface area contributed by atoms with Gasteiger partial charge in [0, 0.05) is 11.7 Å². The van der Waals surface area contributed by atoms with Crippen LogP contribution in [0, 0.1) is 13.8 Å². The van der Waals surface area contributed by atoms with Gasteiger partial charge in [-0.15, -0.1) is 0 Å². The third-order valence-corrected chi connectivity index (χ3v) is 3.74. The van der Waals surface area contributed by atoms with Crippen molar-refractivity contribution >= 4 is 16.9 Å². The summed E-state index contributed by atoms with van der Waals surface area (Å²) in [6, 6.07) is 10.6. The van der Waals surface area contributed by atoms with Crippen LogP contribution in [0.4, 0.5) is 5.82 Å². The van der Waals surface area contributed by atoms with Crippen LogP contribution in [0.1, 0.15) is 29.8 Å². The molecule has 4 nitrogen and oxygen atoms in total. The molecule has 1 atom stereocenters. The summed E-state index contributed by atoms with van der Waals surface area (Å²) in [6.45, 7) is 6.29. The number of rotatable bonds is 3. The number of aromatic nitrogens is 3. The van der Waals surface area contributed by atoms with Gasteiger partial charge in [0.05, 0.1) is 5.39 Å². The molecule has 0 unspecified atom stereocenters. The molecular formula is C16H18N4. The molecule has 3 rings (SSSR count). The molecule has 0 saturated heterocycles. The molecule has 0 bridgehead atoms. The van der Waals surface area contributed by atoms with E-state index in [0.717, 1.165) is 22.5 Å². The zero-order valence-electron chi connectivity index (χ0n) is 11.9. The zero-order chi connectivity index (χ0) is 14.1. The second-order valence-corrected chi connectivity index (χ2v) is 5.10. The first-order chi connectivity index (χ1) is 9.66. The molecular weight excluding hydrogens is 248 g/mol. The topological polar surface area (TPSA) is 53.6 Å². The van der Waals surface area contributed by atoms with E-state index in [1.165, 1.54) is 11.1 Å². The number of benzene rings is 1. The summed E-state index contributed by atoms with van der Waals surface area (Å²) in [5, 5.41) is 4.56. The number of nitrogens with one attached hydrogen (secondary N) is 2. The summed E-state index contributed by atoms with van der Waals surface area (Å²) < 4.78 is 0. The molecule has 2 aromatic heterocycles. The van der Waals surface area contributed by atoms with Crippen LogP contribution in [0.2, 0.25) is 0 Å². The molecule has 0 aliphatic rings. The number of anilines is 1. The average molecular weight is 266 g/mol. The molecule has 4 heteroatoms. The molecule has 3 aromatic rings. The normalized spacial score (nSPS) is 12.6. The largest absolute Gasteiger partial charge is 0.363 e. The lowest BCUT2D eigenvalue weighted by atomic mass is 10.1. The third kappa shape index (κ3) is 2.13. The standard InChI is InChI=1S/C16H18N4/c1-10-11(2)19-15-14(10)16(18-9-17-15)20-12(3)13-7-5-4-6-8-13/h4-9,12H,1-3H3,(H2,17,18,19,20)/t12-/m0/s1. The molecule has 0 fully saturated rings. The second-order valence-electron chi connectivity index (χ2n) is 5.10. The fourth-order valence-electron chi connectivity index (χ4n) is 2.43. The van der Waals surface area contributed by atoms with E-state index in [9.17, 15) is 0 Å². The van der Waals surface area contributed by atoms with E-state index in [2.05, 4.69) is 65.3 Å². The lowest BCUT2D eigenvalue weighted by Crippen LogP contribution is -2.08. The maximum atomic E-state index is 4.40. The van der Waals surface area contributed by atoms with Gasteiger partial charge in [-0.1, -0.05) is 30.3 Å². The smallest absolute Gasteiger partial charge is 0.143 e. The highest BCUT2D eigenvalue weighted by atomic mass is 15.1. The fraction of sp³-hybridized carbons (Fsp3) is 0.250. The Morgan fingerprint density at radius 3 is 2.60 bits per heavy atom. The minimum Gasteiger partial charge on any atom is -0.363 e. The van der Waals surface area contributed by atoms with Crippen molar-refractivity contribution in [1.29, 1.82) is 0 Å².